The molecular formula is C28H23IN4O4. The van der Waals surface area contributed by atoms with Gasteiger partial charge in [-0.15, -0.1) is 0 Å². The number of carbonyl (C=O) groups excluding carboxylic acids is 2. The third-order valence-electron chi connectivity index (χ3n) is 5.67. The standard InChI is InChI=1S/C28H23IN4O4/c1-17-5-8-22(32-27(34)18-6-9-24-25(13-18)37-12-11-36-24)15-23(17)33-28(35)19-7-10-26(30-16-19)31-21-4-2-3-20(29)14-21/h2-10,13-16H,11-12H2,1H3,(H,30,31)(H,32,34)(H,33,35). The summed E-state index contributed by atoms with van der Waals surface area (Å²) in [7, 11) is 0. The second-order valence-electron chi connectivity index (χ2n) is 8.36. The Morgan fingerprint density at radius 3 is 2.38 bits per heavy atom. The number of amides is 2. The van der Waals surface area contributed by atoms with Crippen molar-refractivity contribution in [2.45, 2.75) is 6.92 Å². The first kappa shape index (κ1) is 24.6. The maximum Gasteiger partial charge on any atom is 0.257 e. The molecule has 0 bridgehead atoms. The second kappa shape index (κ2) is 10.9. The minimum absolute atomic E-state index is 0.293. The summed E-state index contributed by atoms with van der Waals surface area (Å²) in [5, 5.41) is 9.00. The normalized spacial score (nSPS) is 11.9. The van der Waals surface area contributed by atoms with E-state index in [1.165, 1.54) is 6.20 Å². The first-order valence-electron chi connectivity index (χ1n) is 11.6. The van der Waals surface area contributed by atoms with Crippen LogP contribution in [0.5, 0.6) is 11.5 Å². The maximum atomic E-state index is 12.9. The fraction of sp³-hybridized carbons (Fsp3) is 0.107. The molecule has 3 N–H and O–H groups in total. The molecule has 0 atom stereocenters. The molecule has 2 heterocycles. The number of carbonyl (C=O) groups is 2. The molecule has 5 rings (SSSR count). The highest BCUT2D eigenvalue weighted by Crippen LogP contribution is 2.31. The summed E-state index contributed by atoms with van der Waals surface area (Å²) in [6.45, 7) is 2.81. The van der Waals surface area contributed by atoms with E-state index in [1.807, 2.05) is 37.3 Å². The lowest BCUT2D eigenvalue weighted by molar-refractivity contribution is 0.101. The fourth-order valence-electron chi connectivity index (χ4n) is 3.73. The minimum atomic E-state index is -0.299. The molecule has 9 heteroatoms. The van der Waals surface area contributed by atoms with Crippen LogP contribution in [0.4, 0.5) is 22.9 Å². The van der Waals surface area contributed by atoms with E-state index in [0.29, 0.717) is 53.0 Å². The number of rotatable bonds is 6. The highest BCUT2D eigenvalue weighted by molar-refractivity contribution is 14.1. The number of pyridine rings is 1. The largest absolute Gasteiger partial charge is 0.486 e. The Labute approximate surface area is 227 Å². The zero-order valence-electron chi connectivity index (χ0n) is 19.9. The van der Waals surface area contributed by atoms with Crippen molar-refractivity contribution in [1.82, 2.24) is 4.98 Å². The van der Waals surface area contributed by atoms with Gasteiger partial charge in [-0.25, -0.2) is 4.98 Å². The van der Waals surface area contributed by atoms with Gasteiger partial charge in [0.25, 0.3) is 11.8 Å². The average Bonchev–Trinajstić information content (AvgIpc) is 2.90. The van der Waals surface area contributed by atoms with Crippen LogP contribution in [0.3, 0.4) is 0 Å². The van der Waals surface area contributed by atoms with Gasteiger partial charge in [0.2, 0.25) is 0 Å². The van der Waals surface area contributed by atoms with Crippen molar-refractivity contribution >= 4 is 57.3 Å². The molecule has 0 radical (unpaired) electrons. The minimum Gasteiger partial charge on any atom is -0.486 e. The van der Waals surface area contributed by atoms with Gasteiger partial charge >= 0.3 is 0 Å². The number of aryl methyl sites for hydroxylation is 1. The molecule has 3 aromatic carbocycles. The third kappa shape index (κ3) is 6.00. The van der Waals surface area contributed by atoms with Crippen molar-refractivity contribution in [2.75, 3.05) is 29.2 Å². The van der Waals surface area contributed by atoms with E-state index in [4.69, 9.17) is 9.47 Å². The Hall–Kier alpha value is -4.12. The number of hydrogen-bond acceptors (Lipinski definition) is 6. The number of hydrogen-bond donors (Lipinski definition) is 3. The number of ether oxygens (including phenoxy) is 2. The van der Waals surface area contributed by atoms with E-state index >= 15 is 0 Å². The van der Waals surface area contributed by atoms with Crippen LogP contribution >= 0.6 is 22.6 Å². The molecule has 0 aliphatic carbocycles. The molecule has 0 fully saturated rings. The molecule has 8 nitrogen and oxygen atoms in total. The molecule has 4 aromatic rings. The van der Waals surface area contributed by atoms with Crippen LogP contribution in [0.2, 0.25) is 0 Å². The van der Waals surface area contributed by atoms with Crippen molar-refractivity contribution in [1.29, 1.82) is 0 Å². The van der Waals surface area contributed by atoms with Gasteiger partial charge in [0, 0.05) is 32.4 Å². The SMILES string of the molecule is Cc1ccc(NC(=O)c2ccc3c(c2)OCCO3)cc1NC(=O)c1ccc(Nc2cccc(I)c2)nc1. The number of benzene rings is 3. The van der Waals surface area contributed by atoms with E-state index in [2.05, 4.69) is 43.5 Å². The predicted octanol–water partition coefficient (Wildman–Crippen LogP) is 6.01. The highest BCUT2D eigenvalue weighted by Gasteiger charge is 2.16. The first-order chi connectivity index (χ1) is 17.9. The van der Waals surface area contributed by atoms with E-state index in [0.717, 1.165) is 14.8 Å². The third-order valence-corrected chi connectivity index (χ3v) is 6.34. The van der Waals surface area contributed by atoms with Crippen LogP contribution in [0.1, 0.15) is 26.3 Å². The van der Waals surface area contributed by atoms with Gasteiger partial charge in [-0.2, -0.15) is 0 Å². The van der Waals surface area contributed by atoms with E-state index in [-0.39, 0.29) is 11.8 Å². The molecule has 1 aliphatic rings. The monoisotopic (exact) mass is 606 g/mol. The Bertz CT molecular complexity index is 1470. The van der Waals surface area contributed by atoms with Gasteiger partial charge in [0.05, 0.1) is 5.56 Å². The van der Waals surface area contributed by atoms with Crippen LogP contribution in [0, 0.1) is 10.5 Å². The molecule has 1 aromatic heterocycles. The smallest absolute Gasteiger partial charge is 0.257 e. The van der Waals surface area contributed by atoms with Crippen LogP contribution in [0.15, 0.2) is 79.0 Å². The van der Waals surface area contributed by atoms with Crippen molar-refractivity contribution in [3.05, 3.63) is 99.3 Å². The maximum absolute atomic E-state index is 12.9. The Kier molecular flexibility index (Phi) is 7.22. The number of aromatic nitrogens is 1. The molecular weight excluding hydrogens is 583 g/mol. The van der Waals surface area contributed by atoms with Gasteiger partial charge in [0.1, 0.15) is 19.0 Å². The van der Waals surface area contributed by atoms with Crippen LogP contribution in [-0.4, -0.2) is 30.0 Å². The lowest BCUT2D eigenvalue weighted by atomic mass is 10.1. The molecule has 0 unspecified atom stereocenters. The van der Waals surface area contributed by atoms with Crippen LogP contribution < -0.4 is 25.4 Å². The fourth-order valence-corrected chi connectivity index (χ4v) is 4.28. The second-order valence-corrected chi connectivity index (χ2v) is 9.61. The quantitative estimate of drug-likeness (QED) is 0.233. The first-order valence-corrected chi connectivity index (χ1v) is 12.6. The summed E-state index contributed by atoms with van der Waals surface area (Å²) in [5.41, 5.74) is 3.78. The van der Waals surface area contributed by atoms with Crippen LogP contribution in [-0.2, 0) is 0 Å². The summed E-state index contributed by atoms with van der Waals surface area (Å²) in [6, 6.07) is 21.8. The summed E-state index contributed by atoms with van der Waals surface area (Å²) >= 11 is 2.25. The lowest BCUT2D eigenvalue weighted by Gasteiger charge is -2.18. The molecule has 2 amide bonds. The zero-order chi connectivity index (χ0) is 25.8. The number of nitrogens with one attached hydrogen (secondary N) is 3. The number of fused-ring (bicyclic) bond motifs is 1. The van der Waals surface area contributed by atoms with Crippen molar-refractivity contribution in [2.24, 2.45) is 0 Å². The number of anilines is 4. The predicted molar refractivity (Wildman–Crippen MR) is 151 cm³/mol. The Morgan fingerprint density at radius 1 is 0.811 bits per heavy atom. The summed E-state index contributed by atoms with van der Waals surface area (Å²) in [6.07, 6.45) is 1.52. The Morgan fingerprint density at radius 2 is 1.59 bits per heavy atom. The number of nitrogens with zero attached hydrogens (tertiary/aromatic N) is 1. The molecule has 37 heavy (non-hydrogen) atoms. The van der Waals surface area contributed by atoms with E-state index < -0.39 is 0 Å². The molecule has 0 saturated heterocycles. The van der Waals surface area contributed by atoms with Gasteiger partial charge in [-0.3, -0.25) is 9.59 Å². The molecule has 1 aliphatic heterocycles. The van der Waals surface area contributed by atoms with Gasteiger partial charge in [-0.05, 0) is 95.7 Å². The zero-order valence-corrected chi connectivity index (χ0v) is 22.0. The molecule has 0 spiro atoms. The van der Waals surface area contributed by atoms with Gasteiger partial charge < -0.3 is 25.4 Å². The highest BCUT2D eigenvalue weighted by atomic mass is 127. The summed E-state index contributed by atoms with van der Waals surface area (Å²) in [4.78, 5) is 30.1. The Balaban J connectivity index is 1.25. The average molecular weight is 606 g/mol. The molecule has 0 saturated carbocycles. The lowest BCUT2D eigenvalue weighted by Crippen LogP contribution is -2.17. The van der Waals surface area contributed by atoms with Crippen molar-refractivity contribution in [3.63, 3.8) is 0 Å². The summed E-state index contributed by atoms with van der Waals surface area (Å²) < 4.78 is 12.2. The van der Waals surface area contributed by atoms with Crippen molar-refractivity contribution in [3.8, 4) is 11.5 Å². The van der Waals surface area contributed by atoms with Gasteiger partial charge in [0.15, 0.2) is 11.5 Å². The topological polar surface area (TPSA) is 102 Å². The van der Waals surface area contributed by atoms with Crippen molar-refractivity contribution < 1.29 is 19.1 Å². The van der Waals surface area contributed by atoms with E-state index in [1.54, 1.807) is 42.5 Å². The van der Waals surface area contributed by atoms with Gasteiger partial charge in [-0.1, -0.05) is 12.1 Å². The van der Waals surface area contributed by atoms with E-state index in [9.17, 15) is 9.59 Å². The number of halogens is 1. The molecule has 186 valence electrons. The van der Waals surface area contributed by atoms with Crippen LogP contribution in [0.25, 0.3) is 0 Å². The summed E-state index contributed by atoms with van der Waals surface area (Å²) in [5.74, 6) is 1.21.